The van der Waals surface area contributed by atoms with Gasteiger partial charge in [-0.3, -0.25) is 15.3 Å². The molecule has 0 fully saturated rings. The number of anilines is 1. The highest BCUT2D eigenvalue weighted by atomic mass is 19.4. The van der Waals surface area contributed by atoms with Gasteiger partial charge in [-0.05, 0) is 6.07 Å². The van der Waals surface area contributed by atoms with Gasteiger partial charge in [0.05, 0.1) is 17.5 Å². The van der Waals surface area contributed by atoms with Crippen LogP contribution in [0.2, 0.25) is 0 Å². The molecule has 22 heavy (non-hydrogen) atoms. The number of nitrogens with zero attached hydrogens (tertiary/aromatic N) is 3. The predicted octanol–water partition coefficient (Wildman–Crippen LogP) is 2.23. The van der Waals surface area contributed by atoms with Crippen molar-refractivity contribution in [3.63, 3.8) is 0 Å². The number of fused-ring (bicyclic) bond motifs is 1. The average molecular weight is 332 g/mol. The third kappa shape index (κ3) is 3.05. The molecule has 0 spiro atoms. The number of benzene rings is 1. The molecule has 1 unspecified atom stereocenters. The highest BCUT2D eigenvalue weighted by Gasteiger charge is 2.41. The van der Waals surface area contributed by atoms with Gasteiger partial charge in [0.25, 0.3) is 0 Å². The number of nitro benzene ring substituents is 1. The molecule has 1 aromatic carbocycles. The van der Waals surface area contributed by atoms with Crippen LogP contribution in [0.3, 0.4) is 0 Å². The summed E-state index contributed by atoms with van der Waals surface area (Å²) < 4.78 is 74.9. The van der Waals surface area contributed by atoms with Gasteiger partial charge in [-0.1, -0.05) is 0 Å². The van der Waals surface area contributed by atoms with Crippen molar-refractivity contribution in [2.45, 2.75) is 12.5 Å². The molecule has 1 atom stereocenters. The molecule has 1 aliphatic rings. The maximum absolute atomic E-state index is 12.7. The fourth-order valence-electron chi connectivity index (χ4n) is 1.85. The summed E-state index contributed by atoms with van der Waals surface area (Å²) in [5, 5.41) is 10.4. The Labute approximate surface area is 117 Å². The summed E-state index contributed by atoms with van der Waals surface area (Å²) in [6.45, 7) is 0. The van der Waals surface area contributed by atoms with E-state index in [9.17, 15) is 36.5 Å². The third-order valence-electron chi connectivity index (χ3n) is 2.62. The molecule has 1 aliphatic heterocycles. The molecule has 0 aliphatic carbocycles. The first kappa shape index (κ1) is 16.3. The maximum atomic E-state index is 12.7. The first-order valence-corrected chi connectivity index (χ1v) is 5.41. The zero-order valence-corrected chi connectivity index (χ0v) is 10.5. The van der Waals surface area contributed by atoms with Crippen LogP contribution in [-0.2, 0) is 11.0 Å². The summed E-state index contributed by atoms with van der Waals surface area (Å²) in [6, 6.07) is 0.531. The summed E-state index contributed by atoms with van der Waals surface area (Å²) in [5.41, 5.74) is -0.537. The van der Waals surface area contributed by atoms with Gasteiger partial charge in [0, 0.05) is 6.07 Å². The monoisotopic (exact) mass is 332 g/mol. The number of nitro groups is 1. The van der Waals surface area contributed by atoms with E-state index in [2.05, 4.69) is 10.4 Å². The fraction of sp³-hybridized carbons (Fsp3) is 0.333. The van der Waals surface area contributed by atoms with Gasteiger partial charge in [0.15, 0.2) is 0 Å². The zero-order chi connectivity index (χ0) is 16.9. The minimum atomic E-state index is -5.23. The largest absolute Gasteiger partial charge is 0.542 e. The second kappa shape index (κ2) is 4.96. The van der Waals surface area contributed by atoms with Gasteiger partial charge in [-0.2, -0.15) is 18.0 Å². The van der Waals surface area contributed by atoms with Gasteiger partial charge >= 0.3 is 18.2 Å². The number of rotatable bonds is 2. The van der Waals surface area contributed by atoms with E-state index in [1.807, 2.05) is 0 Å². The molecule has 0 saturated carbocycles. The van der Waals surface area contributed by atoms with Crippen molar-refractivity contribution in [3.8, 4) is 0 Å². The second-order valence-corrected chi connectivity index (χ2v) is 4.14. The van der Waals surface area contributed by atoms with E-state index in [1.165, 1.54) is 0 Å². The smallest absolute Gasteiger partial charge is 0.348 e. The molecule has 0 aromatic heterocycles. The van der Waals surface area contributed by atoms with E-state index < -0.39 is 40.1 Å². The summed E-state index contributed by atoms with van der Waals surface area (Å²) in [7, 11) is 1.11. The Morgan fingerprint density at radius 3 is 2.32 bits per heavy atom. The van der Waals surface area contributed by atoms with Crippen molar-refractivity contribution in [2.24, 2.45) is 0 Å². The van der Waals surface area contributed by atoms with Crippen LogP contribution in [0.1, 0.15) is 5.56 Å². The molecule has 0 saturated heterocycles. The number of hydrogen-bond acceptors (Lipinski definition) is 4. The maximum Gasteiger partial charge on any atom is 0.542 e. The standard InChI is InChI=1S/C9H6F6N4O3/c1-17-7-5(18(16-17)22-9(13,14)15)2-4(8(10,11)12)3-6(7)19(20)21/h2-3,17H,1H3. The van der Waals surface area contributed by atoms with E-state index in [0.29, 0.717) is 6.07 Å². The summed E-state index contributed by atoms with van der Waals surface area (Å²) in [5.74, 6) is 0. The molecule has 1 N–H and O–H groups in total. The van der Waals surface area contributed by atoms with Crippen LogP contribution in [0.15, 0.2) is 12.1 Å². The fourth-order valence-corrected chi connectivity index (χ4v) is 1.85. The third-order valence-corrected chi connectivity index (χ3v) is 2.62. The van der Waals surface area contributed by atoms with Crippen molar-refractivity contribution < 1.29 is 41.1 Å². The summed E-state index contributed by atoms with van der Waals surface area (Å²) >= 11 is 0. The number of halogens is 6. The van der Waals surface area contributed by atoms with Crippen molar-refractivity contribution in [3.05, 3.63) is 33.3 Å². The molecule has 13 heteroatoms. The van der Waals surface area contributed by atoms with E-state index in [-0.39, 0.29) is 16.2 Å². The quantitative estimate of drug-likeness (QED) is 0.512. The van der Waals surface area contributed by atoms with Crippen LogP contribution in [-0.4, -0.2) is 18.3 Å². The van der Waals surface area contributed by atoms with Gasteiger partial charge in [-0.25, -0.2) is 0 Å². The second-order valence-electron chi connectivity index (χ2n) is 4.14. The number of nitrogens with one attached hydrogen (secondary N) is 1. The zero-order valence-electron chi connectivity index (χ0n) is 10.5. The lowest BCUT2D eigenvalue weighted by atomic mass is 10.1. The number of quaternary nitrogens is 1. The molecule has 0 radical (unpaired) electrons. The first-order chi connectivity index (χ1) is 9.90. The normalized spacial score (nSPS) is 18.5. The molecular formula is C9H6F6N4O3. The number of hydrogen-bond donors (Lipinski definition) is 1. The lowest BCUT2D eigenvalue weighted by Crippen LogP contribution is -2.98. The molecule has 122 valence electrons. The highest BCUT2D eigenvalue weighted by molar-refractivity contribution is 5.76. The molecule has 1 aromatic rings. The van der Waals surface area contributed by atoms with Gasteiger partial charge in [0.1, 0.15) is 5.69 Å². The minimum absolute atomic E-state index is 0.215. The van der Waals surface area contributed by atoms with Gasteiger partial charge in [0.2, 0.25) is 5.69 Å². The molecule has 0 amide bonds. The first-order valence-electron chi connectivity index (χ1n) is 5.41. The van der Waals surface area contributed by atoms with Crippen molar-refractivity contribution in [1.29, 1.82) is 0 Å². The molecule has 0 bridgehead atoms. The molecule has 1 heterocycles. The predicted molar refractivity (Wildman–Crippen MR) is 57.6 cm³/mol. The average Bonchev–Trinajstić information content (AvgIpc) is 2.62. The Balaban J connectivity index is 2.61. The van der Waals surface area contributed by atoms with Crippen LogP contribution in [0.5, 0.6) is 0 Å². The van der Waals surface area contributed by atoms with Gasteiger partial charge < -0.3 is 10.5 Å². The Kier molecular flexibility index (Phi) is 3.67. The van der Waals surface area contributed by atoms with Crippen LogP contribution in [0.4, 0.5) is 43.4 Å². The van der Waals surface area contributed by atoms with Crippen molar-refractivity contribution in [1.82, 2.24) is 0 Å². The van der Waals surface area contributed by atoms with E-state index >= 15 is 0 Å². The van der Waals surface area contributed by atoms with Crippen LogP contribution < -0.4 is 10.2 Å². The summed E-state index contributed by atoms with van der Waals surface area (Å²) in [6.07, 6.45) is -10.2. The SMILES string of the molecule is C[NH+]1[N-]N(OC(F)(F)F)c2cc(C(F)(F)F)cc([N+](=O)[O-])c21. The minimum Gasteiger partial charge on any atom is -0.348 e. The Morgan fingerprint density at radius 1 is 1.27 bits per heavy atom. The molecule has 7 nitrogen and oxygen atoms in total. The van der Waals surface area contributed by atoms with Gasteiger partial charge in [-0.15, -0.1) is 13.2 Å². The molecular weight excluding hydrogens is 326 g/mol. The highest BCUT2D eigenvalue weighted by Crippen LogP contribution is 2.43. The van der Waals surface area contributed by atoms with E-state index in [0.717, 1.165) is 7.05 Å². The van der Waals surface area contributed by atoms with Crippen molar-refractivity contribution in [2.75, 3.05) is 12.2 Å². The topological polar surface area (TPSA) is 74.2 Å². The van der Waals surface area contributed by atoms with Crippen LogP contribution >= 0.6 is 0 Å². The Morgan fingerprint density at radius 2 is 1.86 bits per heavy atom. The van der Waals surface area contributed by atoms with Crippen LogP contribution in [0, 0.1) is 10.1 Å². The van der Waals surface area contributed by atoms with Crippen LogP contribution in [0.25, 0.3) is 5.53 Å². The Hall–Kier alpha value is -2.12. The number of alkyl halides is 6. The van der Waals surface area contributed by atoms with E-state index in [1.54, 1.807) is 0 Å². The van der Waals surface area contributed by atoms with E-state index in [4.69, 9.17) is 0 Å². The lowest BCUT2D eigenvalue weighted by Gasteiger charge is -2.28. The molecule has 2 rings (SSSR count). The Bertz CT molecular complexity index is 617. The summed E-state index contributed by atoms with van der Waals surface area (Å²) in [4.78, 5) is 13.2. The lowest BCUT2D eigenvalue weighted by molar-refractivity contribution is -0.767. The van der Waals surface area contributed by atoms with Crippen molar-refractivity contribution >= 4 is 17.1 Å².